The summed E-state index contributed by atoms with van der Waals surface area (Å²) in [4.78, 5) is 13.6. The second-order valence-electron chi connectivity index (χ2n) is 5.97. The summed E-state index contributed by atoms with van der Waals surface area (Å²) in [5, 5.41) is 18.0. The summed E-state index contributed by atoms with van der Waals surface area (Å²) in [5.74, 6) is 1.23. The molecule has 0 fully saturated rings. The lowest BCUT2D eigenvalue weighted by molar-refractivity contribution is 0.102. The van der Waals surface area contributed by atoms with E-state index < -0.39 is 0 Å². The van der Waals surface area contributed by atoms with E-state index in [0.29, 0.717) is 17.0 Å². The minimum Gasteiger partial charge on any atom is -0.361 e. The Morgan fingerprint density at radius 2 is 2.00 bits per heavy atom. The number of hydrogen-bond acceptors (Lipinski definition) is 7. The van der Waals surface area contributed by atoms with Gasteiger partial charge in [-0.05, 0) is 53.7 Å². The van der Waals surface area contributed by atoms with Crippen molar-refractivity contribution in [1.29, 1.82) is 0 Å². The number of tetrazole rings is 1. The maximum Gasteiger partial charge on any atom is 0.256 e. The van der Waals surface area contributed by atoms with Gasteiger partial charge in [0.05, 0.1) is 16.9 Å². The standard InChI is InChI=1S/C19H16N6O2S/c1-13-10-15(22-27-13)11-28-18-5-3-2-4-17(18)19(26)21-14-6-8-16(9-7-14)25-12-20-23-24-25/h2-10,12H,11H2,1H3,(H,21,26). The molecule has 140 valence electrons. The molecule has 0 bridgehead atoms. The molecule has 2 aromatic heterocycles. The summed E-state index contributed by atoms with van der Waals surface area (Å²) in [6, 6.07) is 16.7. The van der Waals surface area contributed by atoms with E-state index in [1.807, 2.05) is 55.5 Å². The van der Waals surface area contributed by atoms with Crippen LogP contribution in [0, 0.1) is 6.92 Å². The molecule has 9 heteroatoms. The van der Waals surface area contributed by atoms with Gasteiger partial charge in [-0.3, -0.25) is 4.79 Å². The number of nitrogens with zero attached hydrogens (tertiary/aromatic N) is 5. The van der Waals surface area contributed by atoms with Gasteiger partial charge in [0.15, 0.2) is 0 Å². The molecule has 0 saturated heterocycles. The van der Waals surface area contributed by atoms with Crippen molar-refractivity contribution in [3.8, 4) is 5.69 Å². The Balaban J connectivity index is 1.46. The Morgan fingerprint density at radius 1 is 1.18 bits per heavy atom. The highest BCUT2D eigenvalue weighted by molar-refractivity contribution is 7.98. The molecule has 8 nitrogen and oxygen atoms in total. The fourth-order valence-electron chi connectivity index (χ4n) is 2.59. The number of carbonyl (C=O) groups excluding carboxylic acids is 1. The molecule has 0 saturated carbocycles. The number of nitrogens with one attached hydrogen (secondary N) is 1. The summed E-state index contributed by atoms with van der Waals surface area (Å²) >= 11 is 1.54. The number of amides is 1. The molecule has 2 heterocycles. The van der Waals surface area contributed by atoms with E-state index in [2.05, 4.69) is 26.0 Å². The van der Waals surface area contributed by atoms with Gasteiger partial charge in [0, 0.05) is 22.4 Å². The first-order valence-corrected chi connectivity index (χ1v) is 9.46. The van der Waals surface area contributed by atoms with E-state index in [1.165, 1.54) is 6.33 Å². The molecule has 4 rings (SSSR count). The largest absolute Gasteiger partial charge is 0.361 e. The van der Waals surface area contributed by atoms with Crippen LogP contribution in [0.2, 0.25) is 0 Å². The van der Waals surface area contributed by atoms with Crippen LogP contribution in [0.15, 0.2) is 70.3 Å². The molecule has 0 atom stereocenters. The van der Waals surface area contributed by atoms with Crippen LogP contribution < -0.4 is 5.32 Å². The van der Waals surface area contributed by atoms with E-state index in [0.717, 1.165) is 22.0 Å². The second-order valence-corrected chi connectivity index (χ2v) is 6.99. The first-order valence-electron chi connectivity index (χ1n) is 8.48. The van der Waals surface area contributed by atoms with Crippen LogP contribution in [0.25, 0.3) is 5.69 Å². The quantitative estimate of drug-likeness (QED) is 0.501. The number of aryl methyl sites for hydroxylation is 1. The zero-order chi connectivity index (χ0) is 19.3. The Labute approximate surface area is 164 Å². The molecule has 0 aliphatic heterocycles. The van der Waals surface area contributed by atoms with Gasteiger partial charge >= 0.3 is 0 Å². The molecular formula is C19H16N6O2S. The normalized spacial score (nSPS) is 10.8. The number of anilines is 1. The molecule has 2 aromatic carbocycles. The molecule has 1 amide bonds. The third-order valence-corrected chi connectivity index (χ3v) is 5.03. The van der Waals surface area contributed by atoms with Crippen molar-refractivity contribution < 1.29 is 9.32 Å². The molecule has 0 radical (unpaired) electrons. The van der Waals surface area contributed by atoms with E-state index in [-0.39, 0.29) is 5.91 Å². The van der Waals surface area contributed by atoms with Crippen molar-refractivity contribution in [2.24, 2.45) is 0 Å². The van der Waals surface area contributed by atoms with Crippen LogP contribution in [-0.4, -0.2) is 31.3 Å². The van der Waals surface area contributed by atoms with Gasteiger partial charge in [-0.2, -0.15) is 0 Å². The number of aromatic nitrogens is 5. The highest BCUT2D eigenvalue weighted by Crippen LogP contribution is 2.27. The van der Waals surface area contributed by atoms with Crippen molar-refractivity contribution in [3.63, 3.8) is 0 Å². The van der Waals surface area contributed by atoms with Crippen molar-refractivity contribution >= 4 is 23.4 Å². The van der Waals surface area contributed by atoms with E-state index in [1.54, 1.807) is 22.5 Å². The highest BCUT2D eigenvalue weighted by Gasteiger charge is 2.13. The summed E-state index contributed by atoms with van der Waals surface area (Å²) < 4.78 is 6.63. The molecule has 0 spiro atoms. The number of rotatable bonds is 6. The minimum atomic E-state index is -0.172. The fourth-order valence-corrected chi connectivity index (χ4v) is 3.52. The molecule has 0 aliphatic carbocycles. The van der Waals surface area contributed by atoms with Gasteiger partial charge in [0.2, 0.25) is 0 Å². The summed E-state index contributed by atoms with van der Waals surface area (Å²) in [6.07, 6.45) is 1.51. The maximum atomic E-state index is 12.8. The Kier molecular flexibility index (Phi) is 5.16. The van der Waals surface area contributed by atoms with Crippen LogP contribution in [0.4, 0.5) is 5.69 Å². The predicted octanol–water partition coefficient (Wildman–Crippen LogP) is 3.50. The van der Waals surface area contributed by atoms with Crippen molar-refractivity contribution in [2.75, 3.05) is 5.32 Å². The number of thioether (sulfide) groups is 1. The third kappa shape index (κ3) is 4.09. The van der Waals surface area contributed by atoms with Gasteiger partial charge < -0.3 is 9.84 Å². The second kappa shape index (κ2) is 8.05. The van der Waals surface area contributed by atoms with Crippen LogP contribution >= 0.6 is 11.8 Å². The lowest BCUT2D eigenvalue weighted by Gasteiger charge is -2.10. The Hall–Kier alpha value is -3.46. The van der Waals surface area contributed by atoms with Gasteiger partial charge in [-0.25, -0.2) is 4.68 Å². The fraction of sp³-hybridized carbons (Fsp3) is 0.105. The van der Waals surface area contributed by atoms with E-state index >= 15 is 0 Å². The first-order chi connectivity index (χ1) is 13.7. The van der Waals surface area contributed by atoms with Gasteiger partial charge in [0.25, 0.3) is 5.91 Å². The molecular weight excluding hydrogens is 376 g/mol. The van der Waals surface area contributed by atoms with Gasteiger partial charge in [-0.15, -0.1) is 16.9 Å². The van der Waals surface area contributed by atoms with Gasteiger partial charge in [-0.1, -0.05) is 17.3 Å². The van der Waals surface area contributed by atoms with E-state index in [9.17, 15) is 4.79 Å². The SMILES string of the molecule is Cc1cc(CSc2ccccc2C(=O)Nc2ccc(-n3cnnn3)cc2)no1. The Morgan fingerprint density at radius 3 is 2.71 bits per heavy atom. The zero-order valence-corrected chi connectivity index (χ0v) is 15.8. The zero-order valence-electron chi connectivity index (χ0n) is 14.9. The summed E-state index contributed by atoms with van der Waals surface area (Å²) in [5.41, 5.74) is 2.95. The number of hydrogen-bond donors (Lipinski definition) is 1. The van der Waals surface area contributed by atoms with Crippen molar-refractivity contribution in [2.45, 2.75) is 17.6 Å². The average molecular weight is 392 g/mol. The number of benzene rings is 2. The average Bonchev–Trinajstić information content (AvgIpc) is 3.39. The van der Waals surface area contributed by atoms with E-state index in [4.69, 9.17) is 4.52 Å². The van der Waals surface area contributed by atoms with Crippen LogP contribution in [-0.2, 0) is 5.75 Å². The summed E-state index contributed by atoms with van der Waals surface area (Å²) in [6.45, 7) is 1.85. The third-order valence-electron chi connectivity index (χ3n) is 3.92. The Bertz CT molecular complexity index is 1080. The predicted molar refractivity (Wildman–Crippen MR) is 104 cm³/mol. The van der Waals surface area contributed by atoms with Crippen LogP contribution in [0.1, 0.15) is 21.8 Å². The molecule has 4 aromatic rings. The molecule has 0 unspecified atom stereocenters. The minimum absolute atomic E-state index is 0.172. The maximum absolute atomic E-state index is 12.8. The topological polar surface area (TPSA) is 98.7 Å². The van der Waals surface area contributed by atoms with Crippen LogP contribution in [0.3, 0.4) is 0 Å². The smallest absolute Gasteiger partial charge is 0.256 e. The summed E-state index contributed by atoms with van der Waals surface area (Å²) in [7, 11) is 0. The lowest BCUT2D eigenvalue weighted by Crippen LogP contribution is -2.13. The molecule has 1 N–H and O–H groups in total. The van der Waals surface area contributed by atoms with Gasteiger partial charge in [0.1, 0.15) is 12.1 Å². The lowest BCUT2D eigenvalue weighted by atomic mass is 10.2. The van der Waals surface area contributed by atoms with Crippen molar-refractivity contribution in [3.05, 3.63) is 77.9 Å². The first kappa shape index (κ1) is 17.9. The van der Waals surface area contributed by atoms with Crippen LogP contribution in [0.5, 0.6) is 0 Å². The highest BCUT2D eigenvalue weighted by atomic mass is 32.2. The van der Waals surface area contributed by atoms with Crippen molar-refractivity contribution in [1.82, 2.24) is 25.4 Å². The monoisotopic (exact) mass is 392 g/mol. The molecule has 0 aliphatic rings. The number of carbonyl (C=O) groups is 1. The molecule has 28 heavy (non-hydrogen) atoms.